The number of rotatable bonds is 8. The van der Waals surface area contributed by atoms with E-state index in [-0.39, 0.29) is 24.9 Å². The van der Waals surface area contributed by atoms with Crippen LogP contribution in [0.3, 0.4) is 0 Å². The predicted molar refractivity (Wildman–Crippen MR) is 153 cm³/mol. The first-order chi connectivity index (χ1) is 18.9. The number of anilines is 1. The number of para-hydroxylation sites is 1. The number of hydrogen-bond donors (Lipinski definition) is 1. The summed E-state index contributed by atoms with van der Waals surface area (Å²) in [5, 5.41) is 3.42. The fourth-order valence-electron chi connectivity index (χ4n) is 5.46. The summed E-state index contributed by atoms with van der Waals surface area (Å²) in [6.45, 7) is 2.23. The van der Waals surface area contributed by atoms with Crippen LogP contribution >= 0.6 is 0 Å². The molecule has 39 heavy (non-hydrogen) atoms. The Balaban J connectivity index is 1.43. The Kier molecular flexibility index (Phi) is 7.82. The Hall–Kier alpha value is -4.32. The molecule has 2 aliphatic rings. The number of nitrogens with one attached hydrogen (secondary N) is 1. The molecule has 6 nitrogen and oxygen atoms in total. The van der Waals surface area contributed by atoms with E-state index in [1.807, 2.05) is 98.7 Å². The lowest BCUT2D eigenvalue weighted by molar-refractivity contribution is -0.140. The number of esters is 1. The lowest BCUT2D eigenvalue weighted by atomic mass is 9.71. The van der Waals surface area contributed by atoms with E-state index in [9.17, 15) is 9.59 Å². The second-order valence-corrected chi connectivity index (χ2v) is 10.2. The third kappa shape index (κ3) is 5.75. The highest BCUT2D eigenvalue weighted by Crippen LogP contribution is 2.45. The van der Waals surface area contributed by atoms with Gasteiger partial charge in [0.1, 0.15) is 19.0 Å². The van der Waals surface area contributed by atoms with Crippen LogP contribution in [-0.4, -0.2) is 39.1 Å². The molecule has 2 atom stereocenters. The number of benzene rings is 3. The van der Waals surface area contributed by atoms with Crippen LogP contribution < -0.4 is 15.0 Å². The summed E-state index contributed by atoms with van der Waals surface area (Å²) in [7, 11) is 3.97. The number of Topliss-reactive ketones (excluding diaryl/α,β-unsaturated/α-hetero) is 1. The molecule has 0 amide bonds. The van der Waals surface area contributed by atoms with E-state index >= 15 is 0 Å². The van der Waals surface area contributed by atoms with Crippen molar-refractivity contribution in [2.75, 3.05) is 32.2 Å². The lowest BCUT2D eigenvalue weighted by Crippen LogP contribution is -2.36. The Labute approximate surface area is 229 Å². The quantitative estimate of drug-likeness (QED) is 0.301. The minimum atomic E-state index is -0.496. The fraction of sp³-hybridized carbons (Fsp3) is 0.273. The number of carbonyl (C=O) groups excluding carboxylic acids is 2. The maximum Gasteiger partial charge on any atom is 0.336 e. The summed E-state index contributed by atoms with van der Waals surface area (Å²) in [5.74, 6) is -0.0625. The molecule has 0 saturated heterocycles. The van der Waals surface area contributed by atoms with Crippen molar-refractivity contribution in [1.82, 2.24) is 5.32 Å². The van der Waals surface area contributed by atoms with Crippen molar-refractivity contribution in [3.05, 3.63) is 119 Å². The molecule has 3 aromatic carbocycles. The molecule has 6 heteroatoms. The monoisotopic (exact) mass is 522 g/mol. The molecule has 0 aromatic heterocycles. The highest BCUT2D eigenvalue weighted by molar-refractivity contribution is 6.04. The zero-order chi connectivity index (χ0) is 27.4. The third-order valence-electron chi connectivity index (χ3n) is 7.39. The van der Waals surface area contributed by atoms with Crippen LogP contribution in [0.15, 0.2) is 107 Å². The summed E-state index contributed by atoms with van der Waals surface area (Å²) in [4.78, 5) is 29.3. The van der Waals surface area contributed by atoms with Gasteiger partial charge in [-0.1, -0.05) is 60.7 Å². The maximum atomic E-state index is 13.8. The Morgan fingerprint density at radius 1 is 0.872 bits per heavy atom. The van der Waals surface area contributed by atoms with Gasteiger partial charge in [0.05, 0.1) is 5.57 Å². The molecule has 1 aliphatic carbocycles. The topological polar surface area (TPSA) is 67.9 Å². The molecule has 0 spiro atoms. The van der Waals surface area contributed by atoms with E-state index in [4.69, 9.17) is 9.47 Å². The van der Waals surface area contributed by atoms with Crippen molar-refractivity contribution in [2.24, 2.45) is 0 Å². The van der Waals surface area contributed by atoms with E-state index in [2.05, 4.69) is 17.4 Å². The molecule has 1 aliphatic heterocycles. The molecule has 5 rings (SSSR count). The van der Waals surface area contributed by atoms with E-state index in [1.54, 1.807) is 0 Å². The van der Waals surface area contributed by atoms with Gasteiger partial charge in [0.2, 0.25) is 0 Å². The molecular formula is C33H34N2O4. The second-order valence-electron chi connectivity index (χ2n) is 10.2. The molecule has 0 saturated carbocycles. The first-order valence-corrected chi connectivity index (χ1v) is 13.3. The van der Waals surface area contributed by atoms with Crippen LogP contribution in [0.25, 0.3) is 0 Å². The summed E-state index contributed by atoms with van der Waals surface area (Å²) in [5.41, 5.74) is 5.83. The van der Waals surface area contributed by atoms with Crippen LogP contribution in [0, 0.1) is 0 Å². The largest absolute Gasteiger partial charge is 0.490 e. The average molecular weight is 523 g/mol. The van der Waals surface area contributed by atoms with Crippen molar-refractivity contribution >= 4 is 17.4 Å². The number of ketones is 1. The van der Waals surface area contributed by atoms with E-state index in [1.165, 1.54) is 0 Å². The zero-order valence-electron chi connectivity index (χ0n) is 22.6. The molecular weight excluding hydrogens is 488 g/mol. The van der Waals surface area contributed by atoms with Gasteiger partial charge in [0.15, 0.2) is 5.78 Å². The summed E-state index contributed by atoms with van der Waals surface area (Å²) in [6, 6.07) is 27.6. The van der Waals surface area contributed by atoms with Crippen molar-refractivity contribution in [1.29, 1.82) is 0 Å². The summed E-state index contributed by atoms with van der Waals surface area (Å²) >= 11 is 0. The fourth-order valence-corrected chi connectivity index (χ4v) is 5.46. The van der Waals surface area contributed by atoms with Crippen LogP contribution in [0.1, 0.15) is 42.7 Å². The highest BCUT2D eigenvalue weighted by atomic mass is 16.6. The molecule has 0 bridgehead atoms. The van der Waals surface area contributed by atoms with Gasteiger partial charge in [0.25, 0.3) is 0 Å². The first kappa shape index (κ1) is 26.3. The SMILES string of the molecule is CC1=C(C(=O)OCCOc2ccccc2)[C@H](c2ccc(N(C)C)cc2)C2=C(C[C@@H](c3ccccc3)CC2=O)N1. The lowest BCUT2D eigenvalue weighted by Gasteiger charge is -2.36. The standard InChI is InChI=1S/C33H34N2O4/c1-22-30(33(37)39-19-18-38-27-12-8-5-9-13-27)31(24-14-16-26(17-15-24)35(2)3)32-28(34-22)20-25(21-29(32)36)23-10-6-4-7-11-23/h4-17,25,31,34H,18-21H2,1-3H3/t25-,31+/m1/s1. The minimum absolute atomic E-state index is 0.0597. The van der Waals surface area contributed by atoms with E-state index < -0.39 is 11.9 Å². The molecule has 3 aromatic rings. The van der Waals surface area contributed by atoms with Crippen molar-refractivity contribution < 1.29 is 19.1 Å². The second kappa shape index (κ2) is 11.6. The Morgan fingerprint density at radius 2 is 1.54 bits per heavy atom. The first-order valence-electron chi connectivity index (χ1n) is 13.3. The van der Waals surface area contributed by atoms with Gasteiger partial charge in [-0.25, -0.2) is 4.79 Å². The third-order valence-corrected chi connectivity index (χ3v) is 7.39. The minimum Gasteiger partial charge on any atom is -0.490 e. The Morgan fingerprint density at radius 3 is 2.21 bits per heavy atom. The highest BCUT2D eigenvalue weighted by Gasteiger charge is 2.41. The normalized spacial score (nSPS) is 18.8. The van der Waals surface area contributed by atoms with Crippen LogP contribution in [0.2, 0.25) is 0 Å². The Bertz CT molecular complexity index is 1390. The van der Waals surface area contributed by atoms with Gasteiger partial charge in [0, 0.05) is 49.1 Å². The van der Waals surface area contributed by atoms with Gasteiger partial charge in [-0.2, -0.15) is 0 Å². The van der Waals surface area contributed by atoms with Crippen molar-refractivity contribution in [2.45, 2.75) is 31.6 Å². The number of allylic oxidation sites excluding steroid dienone is 3. The van der Waals surface area contributed by atoms with Crippen molar-refractivity contribution in [3.63, 3.8) is 0 Å². The van der Waals surface area contributed by atoms with Crippen molar-refractivity contribution in [3.8, 4) is 5.75 Å². The number of carbonyl (C=O) groups is 2. The van der Waals surface area contributed by atoms with Gasteiger partial charge in [-0.05, 0) is 54.7 Å². The summed E-state index contributed by atoms with van der Waals surface area (Å²) < 4.78 is 11.4. The van der Waals surface area contributed by atoms with Gasteiger partial charge < -0.3 is 19.7 Å². The zero-order valence-corrected chi connectivity index (χ0v) is 22.6. The van der Waals surface area contributed by atoms with E-state index in [0.29, 0.717) is 29.7 Å². The molecule has 0 radical (unpaired) electrons. The molecule has 1 N–H and O–H groups in total. The number of ether oxygens (including phenoxy) is 2. The number of hydrogen-bond acceptors (Lipinski definition) is 6. The number of nitrogens with zero attached hydrogens (tertiary/aromatic N) is 1. The molecule has 0 fully saturated rings. The van der Waals surface area contributed by atoms with Gasteiger partial charge in [-0.15, -0.1) is 0 Å². The summed E-state index contributed by atoms with van der Waals surface area (Å²) in [6.07, 6.45) is 1.12. The van der Waals surface area contributed by atoms with Gasteiger partial charge in [-0.3, -0.25) is 4.79 Å². The van der Waals surface area contributed by atoms with Crippen LogP contribution in [0.4, 0.5) is 5.69 Å². The average Bonchev–Trinajstić information content (AvgIpc) is 2.95. The maximum absolute atomic E-state index is 13.8. The molecule has 0 unspecified atom stereocenters. The molecule has 1 heterocycles. The predicted octanol–water partition coefficient (Wildman–Crippen LogP) is 5.74. The van der Waals surface area contributed by atoms with E-state index in [0.717, 1.165) is 28.3 Å². The number of dihydropyridines is 1. The van der Waals surface area contributed by atoms with Crippen LogP contribution in [-0.2, 0) is 14.3 Å². The molecule has 200 valence electrons. The van der Waals surface area contributed by atoms with Crippen LogP contribution in [0.5, 0.6) is 5.75 Å². The smallest absolute Gasteiger partial charge is 0.336 e. The van der Waals surface area contributed by atoms with Gasteiger partial charge >= 0.3 is 5.97 Å².